The summed E-state index contributed by atoms with van der Waals surface area (Å²) >= 11 is 0. The Morgan fingerprint density at radius 1 is 1.23 bits per heavy atom. The van der Waals surface area contributed by atoms with Crippen molar-refractivity contribution in [3.8, 4) is 0 Å². The first-order chi connectivity index (χ1) is 12.5. The minimum Gasteiger partial charge on any atom is -0.356 e. The van der Waals surface area contributed by atoms with Crippen molar-refractivity contribution in [2.45, 2.75) is 19.0 Å². The van der Waals surface area contributed by atoms with Crippen molar-refractivity contribution in [1.82, 2.24) is 29.0 Å². The summed E-state index contributed by atoms with van der Waals surface area (Å²) in [4.78, 5) is 30.4. The van der Waals surface area contributed by atoms with E-state index < -0.39 is 0 Å². The minimum atomic E-state index is -0.304. The van der Waals surface area contributed by atoms with Crippen LogP contribution in [0.1, 0.15) is 12.1 Å². The molecule has 4 rings (SSSR count). The standard InChI is InChI=1S/C17H21N7O2/c1-21-15(8-16(25)22(2)17(21)26)23-7-6-12(10-23)18-9-13-4-3-5-14-19-11-20-24(13)14/h3-5,8,11-12,18H,6-7,9-10H2,1-2H3/t12-/m1/s1. The molecule has 0 bridgehead atoms. The number of fused-ring (bicyclic) bond motifs is 1. The van der Waals surface area contributed by atoms with Gasteiger partial charge in [-0.05, 0) is 18.6 Å². The third-order valence-corrected chi connectivity index (χ3v) is 4.96. The zero-order valence-electron chi connectivity index (χ0n) is 14.8. The molecule has 0 amide bonds. The summed E-state index contributed by atoms with van der Waals surface area (Å²) in [5, 5.41) is 7.78. The SMILES string of the molecule is Cn1c(N2CC[C@@H](NCc3cccc4ncnn34)C2)cc(=O)n(C)c1=O. The van der Waals surface area contributed by atoms with Crippen LogP contribution in [0.4, 0.5) is 5.82 Å². The molecule has 0 radical (unpaired) electrons. The highest BCUT2D eigenvalue weighted by atomic mass is 16.2. The van der Waals surface area contributed by atoms with Crippen molar-refractivity contribution in [3.05, 3.63) is 57.1 Å². The van der Waals surface area contributed by atoms with E-state index in [4.69, 9.17) is 0 Å². The summed E-state index contributed by atoms with van der Waals surface area (Å²) in [6, 6.07) is 7.71. The molecule has 1 aliphatic rings. The lowest BCUT2D eigenvalue weighted by Gasteiger charge is -2.21. The van der Waals surface area contributed by atoms with Gasteiger partial charge in [-0.25, -0.2) is 14.3 Å². The number of anilines is 1. The van der Waals surface area contributed by atoms with E-state index in [-0.39, 0.29) is 17.3 Å². The van der Waals surface area contributed by atoms with Crippen LogP contribution in [-0.4, -0.2) is 42.9 Å². The van der Waals surface area contributed by atoms with Crippen LogP contribution in [0.5, 0.6) is 0 Å². The number of rotatable bonds is 4. The molecular weight excluding hydrogens is 334 g/mol. The van der Waals surface area contributed by atoms with Crippen LogP contribution in [0.25, 0.3) is 5.65 Å². The maximum Gasteiger partial charge on any atom is 0.332 e. The van der Waals surface area contributed by atoms with Crippen molar-refractivity contribution in [1.29, 1.82) is 0 Å². The Bertz CT molecular complexity index is 1060. The highest BCUT2D eigenvalue weighted by Gasteiger charge is 2.24. The van der Waals surface area contributed by atoms with Gasteiger partial charge in [0.1, 0.15) is 12.1 Å². The van der Waals surface area contributed by atoms with Crippen molar-refractivity contribution in [2.75, 3.05) is 18.0 Å². The second kappa shape index (κ2) is 6.41. The quantitative estimate of drug-likeness (QED) is 0.678. The van der Waals surface area contributed by atoms with E-state index >= 15 is 0 Å². The molecule has 9 nitrogen and oxygen atoms in total. The fraction of sp³-hybridized carbons (Fsp3) is 0.412. The smallest absolute Gasteiger partial charge is 0.332 e. The summed E-state index contributed by atoms with van der Waals surface area (Å²) < 4.78 is 4.47. The normalized spacial score (nSPS) is 17.3. The third kappa shape index (κ3) is 2.80. The largest absolute Gasteiger partial charge is 0.356 e. The topological polar surface area (TPSA) is 89.5 Å². The maximum atomic E-state index is 12.1. The second-order valence-electron chi connectivity index (χ2n) is 6.60. The highest BCUT2D eigenvalue weighted by Crippen LogP contribution is 2.17. The molecule has 1 atom stereocenters. The Kier molecular flexibility index (Phi) is 4.08. The lowest BCUT2D eigenvalue weighted by Crippen LogP contribution is -2.40. The third-order valence-electron chi connectivity index (χ3n) is 4.96. The summed E-state index contributed by atoms with van der Waals surface area (Å²) in [6.07, 6.45) is 2.49. The van der Waals surface area contributed by atoms with Crippen molar-refractivity contribution < 1.29 is 0 Å². The molecule has 0 aromatic carbocycles. The number of hydrogen-bond donors (Lipinski definition) is 1. The van der Waals surface area contributed by atoms with Gasteiger partial charge in [-0.15, -0.1) is 0 Å². The van der Waals surface area contributed by atoms with E-state index in [2.05, 4.69) is 20.3 Å². The predicted octanol–water partition coefficient (Wildman–Crippen LogP) is -0.505. The van der Waals surface area contributed by atoms with E-state index in [0.717, 1.165) is 35.4 Å². The monoisotopic (exact) mass is 355 g/mol. The van der Waals surface area contributed by atoms with Gasteiger partial charge in [-0.1, -0.05) is 6.07 Å². The van der Waals surface area contributed by atoms with Crippen molar-refractivity contribution >= 4 is 11.5 Å². The van der Waals surface area contributed by atoms with Crippen LogP contribution in [0.15, 0.2) is 40.2 Å². The average Bonchev–Trinajstić information content (AvgIpc) is 3.30. The molecule has 1 N–H and O–H groups in total. The molecule has 9 heteroatoms. The molecule has 1 saturated heterocycles. The van der Waals surface area contributed by atoms with E-state index in [0.29, 0.717) is 12.4 Å². The number of aromatic nitrogens is 5. The zero-order chi connectivity index (χ0) is 18.3. The van der Waals surface area contributed by atoms with Gasteiger partial charge in [-0.2, -0.15) is 5.10 Å². The van der Waals surface area contributed by atoms with Crippen molar-refractivity contribution in [3.63, 3.8) is 0 Å². The Morgan fingerprint density at radius 2 is 2.08 bits per heavy atom. The highest BCUT2D eigenvalue weighted by molar-refractivity contribution is 5.40. The van der Waals surface area contributed by atoms with Crippen molar-refractivity contribution in [2.24, 2.45) is 14.1 Å². The van der Waals surface area contributed by atoms with E-state index in [1.165, 1.54) is 17.7 Å². The summed E-state index contributed by atoms with van der Waals surface area (Å²) in [5.74, 6) is 0.667. The van der Waals surface area contributed by atoms with Gasteiger partial charge in [0, 0.05) is 45.8 Å². The van der Waals surface area contributed by atoms with Crippen LogP contribution in [-0.2, 0) is 20.6 Å². The first kappa shape index (κ1) is 16.5. The number of hydrogen-bond acceptors (Lipinski definition) is 6. The predicted molar refractivity (Wildman–Crippen MR) is 97.4 cm³/mol. The molecule has 4 heterocycles. The summed E-state index contributed by atoms with van der Waals surface area (Å²) in [5.41, 5.74) is 1.28. The lowest BCUT2D eigenvalue weighted by atomic mass is 10.2. The molecule has 3 aromatic rings. The molecule has 0 aliphatic carbocycles. The molecule has 0 unspecified atom stereocenters. The Hall–Kier alpha value is -2.94. The van der Waals surface area contributed by atoms with Crippen LogP contribution < -0.4 is 21.5 Å². The number of nitrogens with zero attached hydrogens (tertiary/aromatic N) is 6. The molecule has 0 saturated carbocycles. The first-order valence-corrected chi connectivity index (χ1v) is 8.57. The molecule has 26 heavy (non-hydrogen) atoms. The van der Waals surface area contributed by atoms with Crippen LogP contribution in [0.2, 0.25) is 0 Å². The fourth-order valence-corrected chi connectivity index (χ4v) is 3.44. The van der Waals surface area contributed by atoms with Gasteiger partial charge in [0.25, 0.3) is 5.56 Å². The van der Waals surface area contributed by atoms with Gasteiger partial charge in [-0.3, -0.25) is 13.9 Å². The van der Waals surface area contributed by atoms with Gasteiger partial charge >= 0.3 is 5.69 Å². The fourth-order valence-electron chi connectivity index (χ4n) is 3.44. The van der Waals surface area contributed by atoms with Gasteiger partial charge in [0.2, 0.25) is 0 Å². The van der Waals surface area contributed by atoms with E-state index in [1.54, 1.807) is 13.4 Å². The van der Waals surface area contributed by atoms with Gasteiger partial charge in [0.15, 0.2) is 5.65 Å². The van der Waals surface area contributed by atoms with Crippen LogP contribution in [0.3, 0.4) is 0 Å². The minimum absolute atomic E-state index is 0.271. The van der Waals surface area contributed by atoms with E-state index in [9.17, 15) is 9.59 Å². The van der Waals surface area contributed by atoms with Crippen LogP contribution in [0, 0.1) is 0 Å². The summed E-state index contributed by atoms with van der Waals surface area (Å²) in [7, 11) is 3.19. The molecule has 3 aromatic heterocycles. The van der Waals surface area contributed by atoms with Crippen LogP contribution >= 0.6 is 0 Å². The Labute approximate surface area is 149 Å². The molecule has 1 fully saturated rings. The van der Waals surface area contributed by atoms with E-state index in [1.807, 2.05) is 22.7 Å². The maximum absolute atomic E-state index is 12.1. The number of pyridine rings is 1. The molecule has 136 valence electrons. The molecule has 1 aliphatic heterocycles. The van der Waals surface area contributed by atoms with Gasteiger partial charge < -0.3 is 10.2 Å². The lowest BCUT2D eigenvalue weighted by molar-refractivity contribution is 0.539. The summed E-state index contributed by atoms with van der Waals surface area (Å²) in [6.45, 7) is 2.22. The zero-order valence-corrected chi connectivity index (χ0v) is 14.8. The number of nitrogens with one attached hydrogen (secondary N) is 1. The first-order valence-electron chi connectivity index (χ1n) is 8.57. The second-order valence-corrected chi connectivity index (χ2v) is 6.60. The van der Waals surface area contributed by atoms with Gasteiger partial charge in [0.05, 0.1) is 5.69 Å². The molecular formula is C17H21N7O2. The average molecular weight is 355 g/mol. The Balaban J connectivity index is 1.47. The Morgan fingerprint density at radius 3 is 2.92 bits per heavy atom. The molecule has 0 spiro atoms.